The SMILES string of the molecule is Cc1cccc(C(C)O)c1N. The Kier molecular flexibility index (Phi) is 2.15. The largest absolute Gasteiger partial charge is 0.398 e. The molecule has 60 valence electrons. The van der Waals surface area contributed by atoms with Crippen LogP contribution in [-0.4, -0.2) is 5.11 Å². The van der Waals surface area contributed by atoms with Crippen molar-refractivity contribution in [3.63, 3.8) is 0 Å². The number of hydrogen-bond acceptors (Lipinski definition) is 2. The van der Waals surface area contributed by atoms with E-state index < -0.39 is 6.10 Å². The first-order valence-electron chi connectivity index (χ1n) is 3.66. The zero-order valence-electron chi connectivity index (χ0n) is 6.83. The lowest BCUT2D eigenvalue weighted by Gasteiger charge is -2.09. The Balaban J connectivity index is 3.17. The summed E-state index contributed by atoms with van der Waals surface area (Å²) in [4.78, 5) is 0. The number of aliphatic hydroxyl groups is 1. The Morgan fingerprint density at radius 3 is 2.55 bits per heavy atom. The van der Waals surface area contributed by atoms with Gasteiger partial charge in [0, 0.05) is 11.3 Å². The number of nitrogen functional groups attached to an aromatic ring is 1. The van der Waals surface area contributed by atoms with Crippen LogP contribution < -0.4 is 5.73 Å². The Morgan fingerprint density at radius 2 is 2.09 bits per heavy atom. The fourth-order valence-corrected chi connectivity index (χ4v) is 1.07. The molecule has 2 nitrogen and oxygen atoms in total. The molecule has 1 unspecified atom stereocenters. The minimum absolute atomic E-state index is 0.477. The maximum atomic E-state index is 9.25. The van der Waals surface area contributed by atoms with E-state index in [0.717, 1.165) is 11.1 Å². The lowest BCUT2D eigenvalue weighted by molar-refractivity contribution is 0.200. The first kappa shape index (κ1) is 8.08. The third-order valence-electron chi connectivity index (χ3n) is 1.81. The lowest BCUT2D eigenvalue weighted by atomic mass is 10.1. The second-order valence-electron chi connectivity index (χ2n) is 2.75. The van der Waals surface area contributed by atoms with Crippen molar-refractivity contribution in [3.05, 3.63) is 29.3 Å². The van der Waals surface area contributed by atoms with Crippen LogP contribution in [0.15, 0.2) is 18.2 Å². The standard InChI is InChI=1S/C9H13NO/c1-6-4-3-5-8(7(2)11)9(6)10/h3-5,7,11H,10H2,1-2H3. The van der Waals surface area contributed by atoms with Gasteiger partial charge >= 0.3 is 0 Å². The molecule has 2 heteroatoms. The van der Waals surface area contributed by atoms with Crippen LogP contribution in [0.5, 0.6) is 0 Å². The Labute approximate surface area is 66.7 Å². The summed E-state index contributed by atoms with van der Waals surface area (Å²) in [6, 6.07) is 5.67. The summed E-state index contributed by atoms with van der Waals surface area (Å²) in [5.74, 6) is 0. The van der Waals surface area contributed by atoms with Gasteiger partial charge in [0.05, 0.1) is 6.10 Å². The van der Waals surface area contributed by atoms with Crippen LogP contribution in [0.2, 0.25) is 0 Å². The third kappa shape index (κ3) is 1.52. The topological polar surface area (TPSA) is 46.2 Å². The van der Waals surface area contributed by atoms with E-state index in [2.05, 4.69) is 0 Å². The average molecular weight is 151 g/mol. The van der Waals surface area contributed by atoms with Gasteiger partial charge in [-0.3, -0.25) is 0 Å². The summed E-state index contributed by atoms with van der Waals surface area (Å²) >= 11 is 0. The zero-order valence-corrected chi connectivity index (χ0v) is 6.83. The Hall–Kier alpha value is -1.02. The highest BCUT2D eigenvalue weighted by molar-refractivity contribution is 5.53. The Bertz CT molecular complexity index is 256. The summed E-state index contributed by atoms with van der Waals surface area (Å²) < 4.78 is 0. The van der Waals surface area contributed by atoms with Crippen molar-refractivity contribution in [2.45, 2.75) is 20.0 Å². The molecule has 0 fully saturated rings. The van der Waals surface area contributed by atoms with E-state index in [4.69, 9.17) is 5.73 Å². The fourth-order valence-electron chi connectivity index (χ4n) is 1.07. The molecule has 11 heavy (non-hydrogen) atoms. The van der Waals surface area contributed by atoms with Gasteiger partial charge in [0.1, 0.15) is 0 Å². The van der Waals surface area contributed by atoms with Crippen molar-refractivity contribution >= 4 is 5.69 Å². The molecule has 0 aliphatic rings. The molecular formula is C9H13NO. The van der Waals surface area contributed by atoms with Gasteiger partial charge in [-0.05, 0) is 19.4 Å². The maximum Gasteiger partial charge on any atom is 0.0781 e. The van der Waals surface area contributed by atoms with Crippen LogP contribution in [0.3, 0.4) is 0 Å². The van der Waals surface area contributed by atoms with Crippen molar-refractivity contribution in [2.24, 2.45) is 0 Å². The van der Waals surface area contributed by atoms with Crippen LogP contribution in [0.1, 0.15) is 24.2 Å². The molecule has 0 saturated carbocycles. The van der Waals surface area contributed by atoms with Gasteiger partial charge in [-0.2, -0.15) is 0 Å². The average Bonchev–Trinajstić information content (AvgIpc) is 1.94. The zero-order chi connectivity index (χ0) is 8.43. The van der Waals surface area contributed by atoms with Crippen LogP contribution in [0, 0.1) is 6.92 Å². The number of anilines is 1. The number of nitrogens with two attached hydrogens (primary N) is 1. The molecule has 0 saturated heterocycles. The van der Waals surface area contributed by atoms with Gasteiger partial charge in [-0.1, -0.05) is 18.2 Å². The summed E-state index contributed by atoms with van der Waals surface area (Å²) in [5.41, 5.74) is 8.25. The van der Waals surface area contributed by atoms with Gasteiger partial charge in [-0.25, -0.2) is 0 Å². The fraction of sp³-hybridized carbons (Fsp3) is 0.333. The molecule has 1 rings (SSSR count). The van der Waals surface area contributed by atoms with E-state index in [1.54, 1.807) is 6.92 Å². The van der Waals surface area contributed by atoms with Gasteiger partial charge < -0.3 is 10.8 Å². The highest BCUT2D eigenvalue weighted by Gasteiger charge is 2.05. The van der Waals surface area contributed by atoms with Gasteiger partial charge in [0.25, 0.3) is 0 Å². The number of rotatable bonds is 1. The van der Waals surface area contributed by atoms with Crippen LogP contribution in [-0.2, 0) is 0 Å². The predicted octanol–water partition coefficient (Wildman–Crippen LogP) is 1.63. The van der Waals surface area contributed by atoms with Gasteiger partial charge in [0.2, 0.25) is 0 Å². The Morgan fingerprint density at radius 1 is 1.45 bits per heavy atom. The minimum Gasteiger partial charge on any atom is -0.398 e. The monoisotopic (exact) mass is 151 g/mol. The van der Waals surface area contributed by atoms with E-state index in [1.807, 2.05) is 25.1 Å². The van der Waals surface area contributed by atoms with Crippen molar-refractivity contribution in [1.82, 2.24) is 0 Å². The summed E-state index contributed by atoms with van der Waals surface area (Å²) in [5, 5.41) is 9.25. The summed E-state index contributed by atoms with van der Waals surface area (Å²) in [7, 11) is 0. The van der Waals surface area contributed by atoms with Gasteiger partial charge in [0.15, 0.2) is 0 Å². The smallest absolute Gasteiger partial charge is 0.0781 e. The van der Waals surface area contributed by atoms with Crippen molar-refractivity contribution < 1.29 is 5.11 Å². The molecule has 1 aromatic carbocycles. The van der Waals surface area contributed by atoms with E-state index in [9.17, 15) is 5.11 Å². The number of para-hydroxylation sites is 1. The molecule has 1 atom stereocenters. The molecule has 0 spiro atoms. The normalized spacial score (nSPS) is 13.0. The number of aliphatic hydroxyl groups excluding tert-OH is 1. The molecule has 3 N–H and O–H groups in total. The van der Waals surface area contributed by atoms with Crippen LogP contribution in [0.25, 0.3) is 0 Å². The minimum atomic E-state index is -0.477. The van der Waals surface area contributed by atoms with Crippen molar-refractivity contribution in [2.75, 3.05) is 5.73 Å². The van der Waals surface area contributed by atoms with E-state index in [-0.39, 0.29) is 0 Å². The molecule has 0 bridgehead atoms. The summed E-state index contributed by atoms with van der Waals surface area (Å²) in [6.45, 7) is 3.65. The number of benzene rings is 1. The van der Waals surface area contributed by atoms with E-state index in [1.165, 1.54) is 0 Å². The van der Waals surface area contributed by atoms with E-state index in [0.29, 0.717) is 5.69 Å². The molecule has 1 aromatic rings. The number of aryl methyl sites for hydroxylation is 1. The molecule has 0 aliphatic heterocycles. The summed E-state index contributed by atoms with van der Waals surface area (Å²) in [6.07, 6.45) is -0.477. The quantitative estimate of drug-likeness (QED) is 0.599. The molecular weight excluding hydrogens is 138 g/mol. The first-order valence-corrected chi connectivity index (χ1v) is 3.66. The molecule has 0 amide bonds. The lowest BCUT2D eigenvalue weighted by Crippen LogP contribution is -1.99. The molecule has 0 aliphatic carbocycles. The van der Waals surface area contributed by atoms with Crippen molar-refractivity contribution in [3.8, 4) is 0 Å². The maximum absolute atomic E-state index is 9.25. The first-order chi connectivity index (χ1) is 5.13. The van der Waals surface area contributed by atoms with E-state index >= 15 is 0 Å². The molecule has 0 heterocycles. The second kappa shape index (κ2) is 2.93. The third-order valence-corrected chi connectivity index (χ3v) is 1.81. The van der Waals surface area contributed by atoms with Crippen LogP contribution in [0.4, 0.5) is 5.69 Å². The highest BCUT2D eigenvalue weighted by atomic mass is 16.3. The predicted molar refractivity (Wildman–Crippen MR) is 46.2 cm³/mol. The molecule has 0 aromatic heterocycles. The molecule has 0 radical (unpaired) electrons. The van der Waals surface area contributed by atoms with Crippen molar-refractivity contribution in [1.29, 1.82) is 0 Å². The van der Waals surface area contributed by atoms with Crippen LogP contribution >= 0.6 is 0 Å². The van der Waals surface area contributed by atoms with Gasteiger partial charge in [-0.15, -0.1) is 0 Å². The highest BCUT2D eigenvalue weighted by Crippen LogP contribution is 2.22. The number of hydrogen-bond donors (Lipinski definition) is 2. The second-order valence-corrected chi connectivity index (χ2v) is 2.75.